The van der Waals surface area contributed by atoms with Crippen LogP contribution in [0.3, 0.4) is 0 Å². The number of ether oxygens (including phenoxy) is 2. The van der Waals surface area contributed by atoms with Crippen LogP contribution in [-0.4, -0.2) is 61.3 Å². The minimum absolute atomic E-state index is 0.372. The maximum atomic E-state index is 6.30. The third-order valence-corrected chi connectivity index (χ3v) is 8.80. The van der Waals surface area contributed by atoms with Gasteiger partial charge in [-0.2, -0.15) is 0 Å². The van der Waals surface area contributed by atoms with E-state index in [-0.39, 0.29) is 0 Å². The lowest BCUT2D eigenvalue weighted by Crippen LogP contribution is -2.47. The van der Waals surface area contributed by atoms with Gasteiger partial charge < -0.3 is 19.4 Å². The summed E-state index contributed by atoms with van der Waals surface area (Å²) >= 11 is 0. The molecule has 2 aromatic heterocycles. The fourth-order valence-corrected chi connectivity index (χ4v) is 6.00. The number of aromatic amines is 1. The van der Waals surface area contributed by atoms with Crippen molar-refractivity contribution in [3.05, 3.63) is 89.3 Å². The molecule has 6 nitrogen and oxygen atoms in total. The van der Waals surface area contributed by atoms with Crippen LogP contribution < -0.4 is 9.64 Å². The van der Waals surface area contributed by atoms with Gasteiger partial charge >= 0.3 is 0 Å². The molecular formula is C39H54N4O2. The average molecular weight is 611 g/mol. The summed E-state index contributed by atoms with van der Waals surface area (Å²) in [7, 11) is 1.68. The van der Waals surface area contributed by atoms with Gasteiger partial charge in [-0.3, -0.25) is 4.90 Å². The van der Waals surface area contributed by atoms with Gasteiger partial charge in [0.2, 0.25) is 0 Å². The molecule has 242 valence electrons. The first-order valence-electron chi connectivity index (χ1n) is 16.7. The zero-order chi connectivity index (χ0) is 32.4. The number of rotatable bonds is 7. The number of methoxy groups -OCH3 is 1. The minimum Gasteiger partial charge on any atom is -0.455 e. The van der Waals surface area contributed by atoms with Crippen LogP contribution in [0.1, 0.15) is 70.6 Å². The molecule has 2 aliphatic rings. The molecule has 1 N–H and O–H groups in total. The van der Waals surface area contributed by atoms with Crippen LogP contribution in [-0.2, 0) is 4.74 Å². The monoisotopic (exact) mass is 610 g/mol. The molecule has 6 heteroatoms. The highest BCUT2D eigenvalue weighted by Gasteiger charge is 2.29. The molecule has 0 atom stereocenters. The normalized spacial score (nSPS) is 16.5. The molecule has 1 fully saturated rings. The molecule has 1 saturated heterocycles. The Morgan fingerprint density at radius 1 is 0.933 bits per heavy atom. The molecule has 0 unspecified atom stereocenters. The van der Waals surface area contributed by atoms with E-state index >= 15 is 0 Å². The van der Waals surface area contributed by atoms with E-state index in [2.05, 4.69) is 94.7 Å². The lowest BCUT2D eigenvalue weighted by molar-refractivity contribution is 0.215. The Kier molecular flexibility index (Phi) is 12.3. The van der Waals surface area contributed by atoms with E-state index in [9.17, 15) is 0 Å². The number of nitrogens with zero attached hydrogens (tertiary/aromatic N) is 3. The SMILES string of the molecule is CC.CCOC.Cc1ccc(C2=C(CN3CCN(c4ccc(C)c(Oc5cnc6[nH]ccc6c5)c4)CC3)CCC(C)(C)C2)cc1. The van der Waals surface area contributed by atoms with Crippen LogP contribution in [0.25, 0.3) is 16.6 Å². The van der Waals surface area contributed by atoms with Crippen molar-refractivity contribution < 1.29 is 9.47 Å². The first kappa shape index (κ1) is 34.3. The van der Waals surface area contributed by atoms with Crippen LogP contribution in [0.4, 0.5) is 5.69 Å². The molecule has 0 radical (unpaired) electrons. The number of aryl methyl sites for hydroxylation is 2. The van der Waals surface area contributed by atoms with Gasteiger partial charge in [0.15, 0.2) is 0 Å². The average Bonchev–Trinajstić information content (AvgIpc) is 3.53. The Bertz CT molecular complexity index is 1530. The summed E-state index contributed by atoms with van der Waals surface area (Å²) in [6.07, 6.45) is 7.34. The minimum atomic E-state index is 0.372. The van der Waals surface area contributed by atoms with Crippen molar-refractivity contribution in [1.82, 2.24) is 14.9 Å². The number of anilines is 1. The van der Waals surface area contributed by atoms with Gasteiger partial charge in [0.1, 0.15) is 17.1 Å². The molecule has 1 aliphatic heterocycles. The summed E-state index contributed by atoms with van der Waals surface area (Å²) in [6.45, 7) is 21.2. The first-order valence-corrected chi connectivity index (χ1v) is 16.7. The largest absolute Gasteiger partial charge is 0.455 e. The Balaban J connectivity index is 0.000000713. The van der Waals surface area contributed by atoms with Gasteiger partial charge in [0.25, 0.3) is 0 Å². The summed E-state index contributed by atoms with van der Waals surface area (Å²) < 4.78 is 10.8. The lowest BCUT2D eigenvalue weighted by Gasteiger charge is -2.39. The van der Waals surface area contributed by atoms with Crippen LogP contribution in [0, 0.1) is 19.3 Å². The molecule has 0 saturated carbocycles. The summed E-state index contributed by atoms with van der Waals surface area (Å²) in [5.74, 6) is 1.66. The third-order valence-electron chi connectivity index (χ3n) is 8.80. The molecule has 0 bridgehead atoms. The maximum absolute atomic E-state index is 6.30. The second-order valence-corrected chi connectivity index (χ2v) is 12.8. The number of pyridine rings is 1. The second-order valence-electron chi connectivity index (χ2n) is 12.8. The van der Waals surface area contributed by atoms with Gasteiger partial charge in [0, 0.05) is 69.8 Å². The van der Waals surface area contributed by atoms with E-state index in [0.29, 0.717) is 5.41 Å². The number of allylic oxidation sites excluding steroid dienone is 1. The van der Waals surface area contributed by atoms with Crippen LogP contribution in [0.2, 0.25) is 0 Å². The van der Waals surface area contributed by atoms with E-state index in [4.69, 9.17) is 4.74 Å². The summed E-state index contributed by atoms with van der Waals surface area (Å²) in [5, 5.41) is 1.06. The quantitative estimate of drug-likeness (QED) is 0.226. The summed E-state index contributed by atoms with van der Waals surface area (Å²) in [5.41, 5.74) is 9.58. The number of H-pyrrole nitrogens is 1. The number of fused-ring (bicyclic) bond motifs is 1. The number of nitrogens with one attached hydrogen (secondary N) is 1. The van der Waals surface area contributed by atoms with Gasteiger partial charge in [-0.15, -0.1) is 0 Å². The van der Waals surface area contributed by atoms with Crippen molar-refractivity contribution in [1.29, 1.82) is 0 Å². The molecule has 45 heavy (non-hydrogen) atoms. The lowest BCUT2D eigenvalue weighted by atomic mass is 9.72. The fourth-order valence-electron chi connectivity index (χ4n) is 6.00. The van der Waals surface area contributed by atoms with E-state index in [1.54, 1.807) is 24.5 Å². The van der Waals surface area contributed by atoms with Crippen molar-refractivity contribution >= 4 is 22.3 Å². The number of aromatic nitrogens is 2. The topological polar surface area (TPSA) is 53.6 Å². The van der Waals surface area contributed by atoms with Crippen molar-refractivity contribution in [2.45, 2.75) is 67.7 Å². The van der Waals surface area contributed by atoms with Crippen LogP contribution in [0.5, 0.6) is 11.5 Å². The van der Waals surface area contributed by atoms with E-state index in [0.717, 1.165) is 67.4 Å². The van der Waals surface area contributed by atoms with Crippen LogP contribution >= 0.6 is 0 Å². The van der Waals surface area contributed by atoms with Gasteiger partial charge in [0.05, 0.1) is 6.20 Å². The highest BCUT2D eigenvalue weighted by molar-refractivity contribution is 5.76. The molecule has 1 aliphatic carbocycles. The van der Waals surface area contributed by atoms with E-state index < -0.39 is 0 Å². The molecule has 3 heterocycles. The second kappa shape index (κ2) is 16.1. The smallest absolute Gasteiger partial charge is 0.146 e. The first-order chi connectivity index (χ1) is 21.7. The molecule has 2 aromatic carbocycles. The Labute approximate surface area is 271 Å². The molecule has 0 amide bonds. The Hall–Kier alpha value is -3.61. The van der Waals surface area contributed by atoms with E-state index in [1.807, 2.05) is 39.1 Å². The van der Waals surface area contributed by atoms with Crippen molar-refractivity contribution in [3.8, 4) is 11.5 Å². The fraction of sp³-hybridized carbons (Fsp3) is 0.462. The molecule has 6 rings (SSSR count). The zero-order valence-corrected chi connectivity index (χ0v) is 28.9. The highest BCUT2D eigenvalue weighted by atomic mass is 16.5. The molecule has 4 aromatic rings. The summed E-state index contributed by atoms with van der Waals surface area (Å²) in [4.78, 5) is 12.8. The number of piperazine rings is 1. The molecular weight excluding hydrogens is 556 g/mol. The summed E-state index contributed by atoms with van der Waals surface area (Å²) in [6, 6.07) is 19.8. The van der Waals surface area contributed by atoms with Crippen molar-refractivity contribution in [2.75, 3.05) is 51.3 Å². The van der Waals surface area contributed by atoms with Gasteiger partial charge in [-0.1, -0.05) is 69.2 Å². The van der Waals surface area contributed by atoms with Gasteiger partial charge in [-0.25, -0.2) is 4.98 Å². The van der Waals surface area contributed by atoms with Gasteiger partial charge in [-0.05, 0) is 80.3 Å². The molecule has 0 spiro atoms. The maximum Gasteiger partial charge on any atom is 0.146 e. The predicted octanol–water partition coefficient (Wildman–Crippen LogP) is 9.44. The highest BCUT2D eigenvalue weighted by Crippen LogP contribution is 2.43. The number of hydrogen-bond donors (Lipinski definition) is 1. The third kappa shape index (κ3) is 9.21. The zero-order valence-electron chi connectivity index (χ0n) is 28.9. The number of hydrogen-bond acceptors (Lipinski definition) is 5. The Morgan fingerprint density at radius 3 is 2.33 bits per heavy atom. The van der Waals surface area contributed by atoms with Crippen molar-refractivity contribution in [3.63, 3.8) is 0 Å². The van der Waals surface area contributed by atoms with Crippen LogP contribution in [0.15, 0.2) is 72.6 Å². The van der Waals surface area contributed by atoms with E-state index in [1.165, 1.54) is 36.1 Å². The number of benzene rings is 2. The van der Waals surface area contributed by atoms with Crippen molar-refractivity contribution in [2.24, 2.45) is 5.41 Å². The standard InChI is InChI=1S/C34H40N4O.C3H8O.C2H6/c1-24-5-8-26(9-6-24)31-21-34(3,4)13-11-28(31)23-37-15-17-38(18-16-37)29-10-7-25(2)32(20-29)39-30-19-27-12-14-35-33(27)36-22-30;1-3-4-2;1-2/h5-10,12,14,19-20,22H,11,13,15-18,21,23H2,1-4H3,(H,35,36);3H2,1-2H3;1-2H3. The predicted molar refractivity (Wildman–Crippen MR) is 191 cm³/mol. The Morgan fingerprint density at radius 2 is 1.64 bits per heavy atom.